The third-order valence-electron chi connectivity index (χ3n) is 5.70. The van der Waals surface area contributed by atoms with E-state index in [1.807, 2.05) is 31.2 Å². The van der Waals surface area contributed by atoms with Crippen LogP contribution < -0.4 is 5.48 Å². The van der Waals surface area contributed by atoms with Gasteiger partial charge in [-0.3, -0.25) is 4.79 Å². The van der Waals surface area contributed by atoms with E-state index in [4.69, 9.17) is 14.4 Å². The molecular weight excluding hydrogens is 432 g/mol. The Morgan fingerprint density at radius 3 is 2.69 bits per heavy atom. The summed E-state index contributed by atoms with van der Waals surface area (Å²) in [7, 11) is -3.78. The summed E-state index contributed by atoms with van der Waals surface area (Å²) in [6.45, 7) is 3.92. The number of benzene rings is 1. The van der Waals surface area contributed by atoms with Crippen LogP contribution in [0.4, 0.5) is 0 Å². The van der Waals surface area contributed by atoms with Crippen molar-refractivity contribution in [1.29, 1.82) is 0 Å². The highest BCUT2D eigenvalue weighted by molar-refractivity contribution is 7.92. The van der Waals surface area contributed by atoms with Crippen LogP contribution in [0.15, 0.2) is 29.4 Å². The number of carbonyl (C=O) groups is 1. The van der Waals surface area contributed by atoms with Gasteiger partial charge in [-0.05, 0) is 37.5 Å². The third-order valence-corrected chi connectivity index (χ3v) is 7.69. The van der Waals surface area contributed by atoms with Crippen LogP contribution in [0.25, 0.3) is 0 Å². The fourth-order valence-electron chi connectivity index (χ4n) is 3.52. The molecule has 0 bridgehead atoms. The fraction of sp³-hybridized carbons (Fsp3) is 0.565. The van der Waals surface area contributed by atoms with Gasteiger partial charge < -0.3 is 9.57 Å². The summed E-state index contributed by atoms with van der Waals surface area (Å²) < 4.78 is 28.8. The molecule has 0 spiro atoms. The van der Waals surface area contributed by atoms with E-state index in [0.717, 1.165) is 36.6 Å². The molecule has 2 heterocycles. The van der Waals surface area contributed by atoms with Crippen LogP contribution in [-0.2, 0) is 29.0 Å². The summed E-state index contributed by atoms with van der Waals surface area (Å²) in [5.41, 5.74) is 4.78. The molecule has 1 aromatic rings. The smallest absolute Gasteiger partial charge is 0.264 e. The van der Waals surface area contributed by atoms with Gasteiger partial charge in [0, 0.05) is 44.1 Å². The summed E-state index contributed by atoms with van der Waals surface area (Å²) in [6, 6.07) is 7.63. The summed E-state index contributed by atoms with van der Waals surface area (Å²) in [5, 5.41) is 4.13. The average molecular weight is 463 g/mol. The lowest BCUT2D eigenvalue weighted by atomic mass is 9.96. The topological polar surface area (TPSA) is 103 Å². The molecule has 3 rings (SSSR count). The van der Waals surface area contributed by atoms with E-state index in [9.17, 15) is 13.2 Å². The fourth-order valence-corrected chi connectivity index (χ4v) is 4.39. The van der Waals surface area contributed by atoms with Gasteiger partial charge in [-0.25, -0.2) is 18.7 Å². The molecule has 2 aliphatic rings. The lowest BCUT2D eigenvalue weighted by Gasteiger charge is -2.29. The maximum absolute atomic E-state index is 12.8. The SMILES string of the molecule is CCC#Cc1ccc(C2=NOC(CC(C)(C(=O)NOC3CCCCO3)S(C)(=O)=O)C2)cc1. The summed E-state index contributed by atoms with van der Waals surface area (Å²) >= 11 is 0. The van der Waals surface area contributed by atoms with Crippen molar-refractivity contribution in [2.45, 2.75) is 69.5 Å². The molecule has 1 fully saturated rings. The van der Waals surface area contributed by atoms with E-state index < -0.39 is 32.9 Å². The third kappa shape index (κ3) is 5.88. The second kappa shape index (κ2) is 10.5. The molecule has 3 unspecified atom stereocenters. The number of hydrogen-bond donors (Lipinski definition) is 1. The largest absolute Gasteiger partial charge is 0.392 e. The zero-order chi connectivity index (χ0) is 23.2. The Morgan fingerprint density at radius 1 is 1.31 bits per heavy atom. The van der Waals surface area contributed by atoms with E-state index in [1.165, 1.54) is 6.92 Å². The normalized spacial score (nSPS) is 22.7. The lowest BCUT2D eigenvalue weighted by molar-refractivity contribution is -0.201. The quantitative estimate of drug-likeness (QED) is 0.494. The van der Waals surface area contributed by atoms with Crippen LogP contribution >= 0.6 is 0 Å². The highest BCUT2D eigenvalue weighted by Crippen LogP contribution is 2.29. The van der Waals surface area contributed by atoms with Crippen molar-refractivity contribution in [3.05, 3.63) is 35.4 Å². The molecule has 0 radical (unpaired) electrons. The maximum Gasteiger partial charge on any atom is 0.264 e. The summed E-state index contributed by atoms with van der Waals surface area (Å²) in [5.74, 6) is 5.34. The predicted octanol–water partition coefficient (Wildman–Crippen LogP) is 2.71. The molecule has 1 saturated heterocycles. The molecule has 2 aliphatic heterocycles. The van der Waals surface area contributed by atoms with E-state index >= 15 is 0 Å². The molecule has 0 aliphatic carbocycles. The first-order valence-corrected chi connectivity index (χ1v) is 12.7. The number of amides is 1. The Kier molecular flexibility index (Phi) is 7.93. The molecule has 174 valence electrons. The first-order chi connectivity index (χ1) is 15.2. The minimum absolute atomic E-state index is 0.0559. The first-order valence-electron chi connectivity index (χ1n) is 10.8. The van der Waals surface area contributed by atoms with E-state index in [1.54, 1.807) is 0 Å². The Morgan fingerprint density at radius 2 is 2.06 bits per heavy atom. The minimum Gasteiger partial charge on any atom is -0.392 e. The van der Waals surface area contributed by atoms with Crippen molar-refractivity contribution in [3.8, 4) is 11.8 Å². The molecule has 8 nitrogen and oxygen atoms in total. The molecule has 9 heteroatoms. The van der Waals surface area contributed by atoms with Gasteiger partial charge in [-0.2, -0.15) is 0 Å². The molecule has 1 N–H and O–H groups in total. The van der Waals surface area contributed by atoms with Gasteiger partial charge in [0.05, 0.1) is 5.71 Å². The van der Waals surface area contributed by atoms with Crippen LogP contribution in [0.2, 0.25) is 0 Å². The van der Waals surface area contributed by atoms with Gasteiger partial charge in [0.2, 0.25) is 0 Å². The zero-order valence-corrected chi connectivity index (χ0v) is 19.5. The van der Waals surface area contributed by atoms with Crippen molar-refractivity contribution >= 4 is 21.5 Å². The van der Waals surface area contributed by atoms with Crippen molar-refractivity contribution in [1.82, 2.24) is 5.48 Å². The molecule has 32 heavy (non-hydrogen) atoms. The number of nitrogens with one attached hydrogen (secondary N) is 1. The van der Waals surface area contributed by atoms with Gasteiger partial charge in [0.25, 0.3) is 5.91 Å². The number of hydroxylamine groups is 1. The average Bonchev–Trinajstić information content (AvgIpc) is 3.24. The number of oxime groups is 1. The molecule has 1 aromatic carbocycles. The second-order valence-corrected chi connectivity index (χ2v) is 10.7. The monoisotopic (exact) mass is 462 g/mol. The number of hydrogen-bond acceptors (Lipinski definition) is 7. The van der Waals surface area contributed by atoms with Crippen molar-refractivity contribution < 1.29 is 27.6 Å². The highest BCUT2D eigenvalue weighted by atomic mass is 32.2. The maximum atomic E-state index is 12.8. The number of carbonyl (C=O) groups excluding carboxylic acids is 1. The predicted molar refractivity (Wildman–Crippen MR) is 120 cm³/mol. The van der Waals surface area contributed by atoms with Crippen LogP contribution in [-0.4, -0.2) is 50.0 Å². The number of ether oxygens (including phenoxy) is 1. The minimum atomic E-state index is -3.78. The van der Waals surface area contributed by atoms with Crippen LogP contribution in [0.3, 0.4) is 0 Å². The first kappa shape index (κ1) is 24.2. The summed E-state index contributed by atoms with van der Waals surface area (Å²) in [4.78, 5) is 23.7. The van der Waals surface area contributed by atoms with Crippen molar-refractivity contribution in [3.63, 3.8) is 0 Å². The van der Waals surface area contributed by atoms with E-state index in [0.29, 0.717) is 25.2 Å². The Bertz CT molecular complexity index is 1000. The molecule has 0 saturated carbocycles. The van der Waals surface area contributed by atoms with Crippen LogP contribution in [0.1, 0.15) is 63.5 Å². The van der Waals surface area contributed by atoms with Crippen LogP contribution in [0.5, 0.6) is 0 Å². The van der Waals surface area contributed by atoms with E-state index in [2.05, 4.69) is 22.5 Å². The van der Waals surface area contributed by atoms with Crippen LogP contribution in [0, 0.1) is 11.8 Å². The summed E-state index contributed by atoms with van der Waals surface area (Å²) in [6.07, 6.45) is 3.54. The van der Waals surface area contributed by atoms with Gasteiger partial charge in [-0.1, -0.05) is 36.1 Å². The number of nitrogens with zero attached hydrogens (tertiary/aromatic N) is 1. The van der Waals surface area contributed by atoms with E-state index in [-0.39, 0.29) is 6.42 Å². The highest BCUT2D eigenvalue weighted by Gasteiger charge is 2.47. The molecule has 1 amide bonds. The standard InChI is InChI=1S/C23H30N2O6S/c1-4-5-8-17-10-12-18(13-11-17)20-15-19(30-24-20)16-23(2,32(3,27)28)22(26)25-31-21-9-6-7-14-29-21/h10-13,19,21H,4,6-7,9,14-16H2,1-3H3,(H,25,26). The Balaban J connectivity index is 1.63. The van der Waals surface area contributed by atoms with Crippen molar-refractivity contribution in [2.75, 3.05) is 12.9 Å². The van der Waals surface area contributed by atoms with Gasteiger partial charge in [0.15, 0.2) is 20.9 Å². The molecule has 0 aromatic heterocycles. The van der Waals surface area contributed by atoms with Crippen molar-refractivity contribution in [2.24, 2.45) is 5.16 Å². The zero-order valence-electron chi connectivity index (χ0n) is 18.7. The number of rotatable bonds is 7. The Labute approximate surface area is 189 Å². The van der Waals surface area contributed by atoms with Gasteiger partial charge in [0.1, 0.15) is 6.10 Å². The van der Waals surface area contributed by atoms with Gasteiger partial charge in [-0.15, -0.1) is 0 Å². The number of sulfone groups is 1. The molecule has 3 atom stereocenters. The van der Waals surface area contributed by atoms with Gasteiger partial charge >= 0.3 is 0 Å². The lowest BCUT2D eigenvalue weighted by Crippen LogP contribution is -2.52. The Hall–Kier alpha value is -2.41. The molecular formula is C23H30N2O6S. The second-order valence-electron chi connectivity index (χ2n) is 8.25.